The maximum atomic E-state index is 12.3. The van der Waals surface area contributed by atoms with Gasteiger partial charge in [-0.2, -0.15) is 0 Å². The van der Waals surface area contributed by atoms with Crippen molar-refractivity contribution in [2.24, 2.45) is 5.92 Å². The van der Waals surface area contributed by atoms with E-state index in [9.17, 15) is 13.2 Å². The van der Waals surface area contributed by atoms with E-state index in [2.05, 4.69) is 12.2 Å². The van der Waals surface area contributed by atoms with Gasteiger partial charge in [0.15, 0.2) is 6.54 Å². The lowest BCUT2D eigenvalue weighted by atomic mass is 10.0. The van der Waals surface area contributed by atoms with E-state index in [1.54, 1.807) is 12.1 Å². The van der Waals surface area contributed by atoms with Crippen LogP contribution in [-0.2, 0) is 14.8 Å². The summed E-state index contributed by atoms with van der Waals surface area (Å²) in [5, 5.41) is 2.88. The number of anilines is 1. The fourth-order valence-corrected chi connectivity index (χ4v) is 4.01. The van der Waals surface area contributed by atoms with Gasteiger partial charge in [-0.25, -0.2) is 12.7 Å². The summed E-state index contributed by atoms with van der Waals surface area (Å²) in [6, 6.07) is 4.83. The van der Waals surface area contributed by atoms with Crippen molar-refractivity contribution in [3.05, 3.63) is 23.8 Å². The molecule has 1 aliphatic rings. The molecule has 2 rings (SSSR count). The van der Waals surface area contributed by atoms with Crippen LogP contribution >= 0.6 is 0 Å². The Labute approximate surface area is 144 Å². The van der Waals surface area contributed by atoms with E-state index in [0.717, 1.165) is 25.1 Å². The fraction of sp³-hybridized carbons (Fsp3) is 0.588. The average molecular weight is 354 g/mol. The van der Waals surface area contributed by atoms with Gasteiger partial charge in [0.2, 0.25) is 10.0 Å². The molecule has 0 saturated carbocycles. The standard InChI is InChI=1S/C17H27N3O3S/c1-13-6-5-9-20(11-13)12-17(21)18-16-10-15(8-7-14(16)2)24(22,23)19(3)4/h7-8,10,13H,5-6,9,11-12H2,1-4H3,(H,18,21)/p+1/t13-/m1/s1. The number of likely N-dealkylation sites (tertiary alicyclic amines) is 1. The lowest BCUT2D eigenvalue weighted by molar-refractivity contribution is -0.900. The molecule has 0 bridgehead atoms. The molecule has 6 nitrogen and oxygen atoms in total. The Morgan fingerprint density at radius 3 is 2.71 bits per heavy atom. The number of nitrogens with zero attached hydrogens (tertiary/aromatic N) is 1. The first-order valence-corrected chi connectivity index (χ1v) is 9.80. The molecule has 1 aromatic carbocycles. The number of sulfonamides is 1. The maximum Gasteiger partial charge on any atom is 0.279 e. The molecule has 1 aromatic rings. The molecule has 1 heterocycles. The number of hydrogen-bond donors (Lipinski definition) is 2. The average Bonchev–Trinajstić information content (AvgIpc) is 2.49. The van der Waals surface area contributed by atoms with E-state index in [-0.39, 0.29) is 10.8 Å². The molecular formula is C17H28N3O3S+. The molecular weight excluding hydrogens is 326 g/mol. The minimum atomic E-state index is -3.51. The SMILES string of the molecule is Cc1ccc(S(=O)(=O)N(C)C)cc1NC(=O)C[NH+]1CCC[C@@H](C)C1. The molecule has 0 spiro atoms. The number of hydrogen-bond acceptors (Lipinski definition) is 3. The van der Waals surface area contributed by atoms with E-state index in [4.69, 9.17) is 0 Å². The Hall–Kier alpha value is -1.44. The fourth-order valence-electron chi connectivity index (χ4n) is 3.09. The highest BCUT2D eigenvalue weighted by atomic mass is 32.2. The molecule has 1 fully saturated rings. The number of nitrogens with one attached hydrogen (secondary N) is 2. The third kappa shape index (κ3) is 4.55. The van der Waals surface area contributed by atoms with Gasteiger partial charge in [0.05, 0.1) is 18.0 Å². The molecule has 2 atom stereocenters. The largest absolute Gasteiger partial charge is 0.327 e. The van der Waals surface area contributed by atoms with E-state index in [0.29, 0.717) is 18.2 Å². The summed E-state index contributed by atoms with van der Waals surface area (Å²) in [5.74, 6) is 0.582. The normalized spacial score (nSPS) is 21.7. The van der Waals surface area contributed by atoms with Crippen LogP contribution in [0, 0.1) is 12.8 Å². The van der Waals surface area contributed by atoms with Gasteiger partial charge in [-0.3, -0.25) is 4.79 Å². The van der Waals surface area contributed by atoms with Gasteiger partial charge in [-0.1, -0.05) is 13.0 Å². The predicted molar refractivity (Wildman–Crippen MR) is 94.6 cm³/mol. The van der Waals surface area contributed by atoms with Crippen LogP contribution in [-0.4, -0.2) is 52.4 Å². The van der Waals surface area contributed by atoms with Gasteiger partial charge < -0.3 is 10.2 Å². The lowest BCUT2D eigenvalue weighted by Crippen LogP contribution is -3.14. The van der Waals surface area contributed by atoms with Crippen molar-refractivity contribution in [2.75, 3.05) is 39.0 Å². The molecule has 1 saturated heterocycles. The Bertz CT molecular complexity index is 701. The quantitative estimate of drug-likeness (QED) is 0.809. The second kappa shape index (κ2) is 7.63. The molecule has 0 aromatic heterocycles. The Morgan fingerprint density at radius 1 is 1.38 bits per heavy atom. The van der Waals surface area contributed by atoms with Crippen molar-refractivity contribution >= 4 is 21.6 Å². The molecule has 2 N–H and O–H groups in total. The van der Waals surface area contributed by atoms with Gasteiger partial charge >= 0.3 is 0 Å². The van der Waals surface area contributed by atoms with Crippen LogP contribution in [0.25, 0.3) is 0 Å². The molecule has 0 aliphatic carbocycles. The third-order valence-electron chi connectivity index (χ3n) is 4.54. The van der Waals surface area contributed by atoms with Crippen LogP contribution in [0.4, 0.5) is 5.69 Å². The zero-order valence-electron chi connectivity index (χ0n) is 14.9. The number of rotatable bonds is 5. The van der Waals surface area contributed by atoms with Crippen molar-refractivity contribution in [1.82, 2.24) is 4.31 Å². The Morgan fingerprint density at radius 2 is 2.08 bits per heavy atom. The van der Waals surface area contributed by atoms with Crippen LogP contribution in [0.15, 0.2) is 23.1 Å². The maximum absolute atomic E-state index is 12.3. The number of carbonyl (C=O) groups is 1. The zero-order chi connectivity index (χ0) is 17.9. The van der Waals surface area contributed by atoms with Crippen LogP contribution in [0.5, 0.6) is 0 Å². The monoisotopic (exact) mass is 354 g/mol. The number of benzene rings is 1. The first-order chi connectivity index (χ1) is 11.2. The van der Waals surface area contributed by atoms with Crippen molar-refractivity contribution < 1.29 is 18.1 Å². The van der Waals surface area contributed by atoms with Gasteiger partial charge in [-0.05, 0) is 37.5 Å². The number of amides is 1. The van der Waals surface area contributed by atoms with E-state index >= 15 is 0 Å². The summed E-state index contributed by atoms with van der Waals surface area (Å²) < 4.78 is 25.7. The molecule has 1 unspecified atom stereocenters. The van der Waals surface area contributed by atoms with Crippen LogP contribution in [0.1, 0.15) is 25.3 Å². The zero-order valence-corrected chi connectivity index (χ0v) is 15.7. The van der Waals surface area contributed by atoms with Gasteiger partial charge in [-0.15, -0.1) is 0 Å². The summed E-state index contributed by atoms with van der Waals surface area (Å²) in [5.41, 5.74) is 1.41. The number of quaternary nitrogens is 1. The minimum Gasteiger partial charge on any atom is -0.327 e. The summed E-state index contributed by atoms with van der Waals surface area (Å²) in [7, 11) is -0.521. The molecule has 7 heteroatoms. The highest BCUT2D eigenvalue weighted by Crippen LogP contribution is 2.21. The summed E-state index contributed by atoms with van der Waals surface area (Å²) in [6.45, 7) is 6.54. The summed E-state index contributed by atoms with van der Waals surface area (Å²) in [6.07, 6.45) is 2.38. The number of carbonyl (C=O) groups excluding carboxylic acids is 1. The molecule has 134 valence electrons. The lowest BCUT2D eigenvalue weighted by Gasteiger charge is -2.27. The Balaban J connectivity index is 2.10. The summed E-state index contributed by atoms with van der Waals surface area (Å²) >= 11 is 0. The van der Waals surface area contributed by atoms with Crippen LogP contribution in [0.2, 0.25) is 0 Å². The first kappa shape index (κ1) is 18.9. The van der Waals surface area contributed by atoms with Gasteiger partial charge in [0.25, 0.3) is 5.91 Å². The van der Waals surface area contributed by atoms with Crippen molar-refractivity contribution in [3.63, 3.8) is 0 Å². The third-order valence-corrected chi connectivity index (χ3v) is 6.35. The highest BCUT2D eigenvalue weighted by Gasteiger charge is 2.23. The highest BCUT2D eigenvalue weighted by molar-refractivity contribution is 7.89. The second-order valence-corrected chi connectivity index (χ2v) is 9.09. The van der Waals surface area contributed by atoms with E-state index in [1.165, 1.54) is 35.8 Å². The first-order valence-electron chi connectivity index (χ1n) is 8.36. The second-order valence-electron chi connectivity index (χ2n) is 6.94. The van der Waals surface area contributed by atoms with E-state index < -0.39 is 10.0 Å². The predicted octanol–water partition coefficient (Wildman–Crippen LogP) is 0.499. The summed E-state index contributed by atoms with van der Waals surface area (Å²) in [4.78, 5) is 13.8. The number of piperidine rings is 1. The molecule has 1 amide bonds. The van der Waals surface area contributed by atoms with Crippen LogP contribution in [0.3, 0.4) is 0 Å². The van der Waals surface area contributed by atoms with Gasteiger partial charge in [0.1, 0.15) is 0 Å². The van der Waals surface area contributed by atoms with Gasteiger partial charge in [0, 0.05) is 25.7 Å². The Kier molecular flexibility index (Phi) is 6.01. The van der Waals surface area contributed by atoms with Crippen LogP contribution < -0.4 is 10.2 Å². The van der Waals surface area contributed by atoms with E-state index in [1.807, 2.05) is 6.92 Å². The van der Waals surface area contributed by atoms with Crippen molar-refractivity contribution in [1.29, 1.82) is 0 Å². The molecule has 1 aliphatic heterocycles. The minimum absolute atomic E-state index is 0.0680. The topological polar surface area (TPSA) is 70.9 Å². The number of aryl methyl sites for hydroxylation is 1. The molecule has 24 heavy (non-hydrogen) atoms. The van der Waals surface area contributed by atoms with Crippen molar-refractivity contribution in [2.45, 2.75) is 31.6 Å². The van der Waals surface area contributed by atoms with Crippen molar-refractivity contribution in [3.8, 4) is 0 Å². The smallest absolute Gasteiger partial charge is 0.279 e. The molecule has 0 radical (unpaired) electrons.